The minimum atomic E-state index is -0.609. The normalized spacial score (nSPS) is 13.7. The maximum atomic E-state index is 13.0. The van der Waals surface area contributed by atoms with E-state index in [0.29, 0.717) is 5.56 Å². The molecule has 0 saturated carbocycles. The highest BCUT2D eigenvalue weighted by atomic mass is 35.5. The molecule has 1 aliphatic heterocycles. The van der Waals surface area contributed by atoms with E-state index in [4.69, 9.17) is 11.6 Å². The predicted molar refractivity (Wildman–Crippen MR) is 95.5 cm³/mol. The van der Waals surface area contributed by atoms with Crippen molar-refractivity contribution >= 4 is 35.0 Å². The monoisotopic (exact) mass is 387 g/mol. The molecule has 2 aromatic rings. The van der Waals surface area contributed by atoms with Crippen molar-refractivity contribution in [2.75, 3.05) is 0 Å². The summed E-state index contributed by atoms with van der Waals surface area (Å²) < 4.78 is 0. The van der Waals surface area contributed by atoms with Gasteiger partial charge in [0.05, 0.1) is 22.1 Å². The van der Waals surface area contributed by atoms with Crippen molar-refractivity contribution in [1.29, 1.82) is 0 Å². The Morgan fingerprint density at radius 1 is 1.07 bits per heavy atom. The highest BCUT2D eigenvalue weighted by Crippen LogP contribution is 2.24. The molecule has 3 rings (SSSR count). The highest BCUT2D eigenvalue weighted by molar-refractivity contribution is 6.33. The van der Waals surface area contributed by atoms with E-state index in [9.17, 15) is 24.5 Å². The molecule has 9 heteroatoms. The lowest BCUT2D eigenvalue weighted by Gasteiger charge is -2.30. The van der Waals surface area contributed by atoms with Gasteiger partial charge in [-0.3, -0.25) is 24.5 Å². The molecule has 3 amide bonds. The number of rotatable bonds is 5. The lowest BCUT2D eigenvalue weighted by Crippen LogP contribution is -2.49. The number of nitrogens with zero attached hydrogens (tertiary/aromatic N) is 3. The Labute approximate surface area is 159 Å². The first-order valence-corrected chi connectivity index (χ1v) is 8.41. The van der Waals surface area contributed by atoms with Crippen LogP contribution in [0, 0.1) is 10.1 Å². The first-order chi connectivity index (χ1) is 12.9. The van der Waals surface area contributed by atoms with Crippen LogP contribution in [0.25, 0.3) is 0 Å². The second-order valence-corrected chi connectivity index (χ2v) is 6.27. The number of benzene rings is 2. The second-order valence-electron chi connectivity index (χ2n) is 5.87. The summed E-state index contributed by atoms with van der Waals surface area (Å²) in [6.45, 7) is -0.112. The third-order valence-electron chi connectivity index (χ3n) is 4.08. The zero-order valence-electron chi connectivity index (χ0n) is 14.0. The molecule has 1 heterocycles. The highest BCUT2D eigenvalue weighted by Gasteiger charge is 2.37. The van der Waals surface area contributed by atoms with E-state index in [1.54, 1.807) is 12.1 Å². The van der Waals surface area contributed by atoms with Gasteiger partial charge in [0.15, 0.2) is 0 Å². The molecule has 27 heavy (non-hydrogen) atoms. The summed E-state index contributed by atoms with van der Waals surface area (Å²) in [6.07, 6.45) is 0.0385. The minimum Gasteiger partial charge on any atom is -0.273 e. The van der Waals surface area contributed by atoms with Gasteiger partial charge in [-0.25, -0.2) is 5.01 Å². The number of amides is 3. The molecule has 0 N–H and O–H groups in total. The summed E-state index contributed by atoms with van der Waals surface area (Å²) in [5.41, 5.74) is 0.568. The fourth-order valence-corrected chi connectivity index (χ4v) is 2.95. The van der Waals surface area contributed by atoms with Gasteiger partial charge in [0.1, 0.15) is 0 Å². The zero-order valence-corrected chi connectivity index (χ0v) is 14.8. The smallest absolute Gasteiger partial charge is 0.273 e. The average molecular weight is 388 g/mol. The van der Waals surface area contributed by atoms with Crippen LogP contribution in [0.4, 0.5) is 5.69 Å². The van der Waals surface area contributed by atoms with Gasteiger partial charge < -0.3 is 0 Å². The molecular formula is C18H14ClN3O5. The average Bonchev–Trinajstić information content (AvgIpc) is 2.98. The van der Waals surface area contributed by atoms with Gasteiger partial charge in [-0.1, -0.05) is 35.9 Å². The molecule has 1 aliphatic rings. The maximum Gasteiger partial charge on any atom is 0.274 e. The van der Waals surface area contributed by atoms with E-state index >= 15 is 0 Å². The third-order valence-corrected chi connectivity index (χ3v) is 4.41. The topological polar surface area (TPSA) is 101 Å². The first-order valence-electron chi connectivity index (χ1n) is 8.04. The van der Waals surface area contributed by atoms with Crippen LogP contribution in [-0.4, -0.2) is 32.7 Å². The molecule has 0 spiro atoms. The number of hydrogen-bond acceptors (Lipinski definition) is 5. The Bertz CT molecular complexity index is 913. The van der Waals surface area contributed by atoms with Gasteiger partial charge in [0.2, 0.25) is 11.8 Å². The lowest BCUT2D eigenvalue weighted by molar-refractivity contribution is -0.384. The van der Waals surface area contributed by atoms with Crippen LogP contribution in [0.3, 0.4) is 0 Å². The minimum absolute atomic E-state index is 0.0192. The van der Waals surface area contributed by atoms with E-state index in [1.807, 2.05) is 0 Å². The number of halogens is 1. The van der Waals surface area contributed by atoms with Gasteiger partial charge in [-0.15, -0.1) is 0 Å². The van der Waals surface area contributed by atoms with E-state index in [-0.39, 0.29) is 35.7 Å². The third kappa shape index (κ3) is 3.80. The van der Waals surface area contributed by atoms with Crippen LogP contribution in [0.1, 0.15) is 28.8 Å². The molecule has 1 fully saturated rings. The van der Waals surface area contributed by atoms with Crippen molar-refractivity contribution in [1.82, 2.24) is 10.0 Å². The molecule has 0 atom stereocenters. The Hall–Kier alpha value is -3.26. The molecule has 2 aromatic carbocycles. The fourth-order valence-electron chi connectivity index (χ4n) is 2.74. The van der Waals surface area contributed by atoms with Crippen molar-refractivity contribution in [3.63, 3.8) is 0 Å². The number of imide groups is 1. The van der Waals surface area contributed by atoms with Crippen LogP contribution in [-0.2, 0) is 16.1 Å². The van der Waals surface area contributed by atoms with Crippen LogP contribution in [0.15, 0.2) is 48.5 Å². The summed E-state index contributed by atoms with van der Waals surface area (Å²) in [4.78, 5) is 47.6. The number of carbonyl (C=O) groups is 3. The number of carbonyl (C=O) groups excluding carboxylic acids is 3. The van der Waals surface area contributed by atoms with Crippen molar-refractivity contribution in [2.45, 2.75) is 19.4 Å². The standard InChI is InChI=1S/C18H14ClN3O5/c19-15-4-2-1-3-14(15)18(25)20(21-16(23)9-10-17(21)24)11-12-5-7-13(8-6-12)22(26)27/h1-8H,9-11H2. The SMILES string of the molecule is O=C(c1ccccc1Cl)N(Cc1ccc([N+](=O)[O-])cc1)N1C(=O)CCC1=O. The Morgan fingerprint density at radius 3 is 2.22 bits per heavy atom. The number of nitro groups is 1. The summed E-state index contributed by atoms with van der Waals surface area (Å²) >= 11 is 6.09. The van der Waals surface area contributed by atoms with E-state index in [1.165, 1.54) is 36.4 Å². The number of hydrazine groups is 1. The van der Waals surface area contributed by atoms with Crippen LogP contribution < -0.4 is 0 Å². The first kappa shape index (κ1) is 18.5. The van der Waals surface area contributed by atoms with Crippen LogP contribution in [0.5, 0.6) is 0 Å². The van der Waals surface area contributed by atoms with E-state index in [0.717, 1.165) is 10.0 Å². The molecule has 8 nitrogen and oxygen atoms in total. The molecule has 0 aromatic heterocycles. The van der Waals surface area contributed by atoms with Crippen LogP contribution >= 0.6 is 11.6 Å². The van der Waals surface area contributed by atoms with Gasteiger partial charge >= 0.3 is 0 Å². The Balaban J connectivity index is 1.96. The Kier molecular flexibility index (Phi) is 5.18. The number of nitro benzene ring substituents is 1. The van der Waals surface area contributed by atoms with Gasteiger partial charge in [-0.2, -0.15) is 5.01 Å². The zero-order chi connectivity index (χ0) is 19.6. The molecule has 0 unspecified atom stereocenters. The van der Waals surface area contributed by atoms with Crippen molar-refractivity contribution in [2.24, 2.45) is 0 Å². The van der Waals surface area contributed by atoms with Crippen molar-refractivity contribution < 1.29 is 19.3 Å². The van der Waals surface area contributed by atoms with Gasteiger partial charge in [-0.05, 0) is 17.7 Å². The second kappa shape index (κ2) is 7.55. The van der Waals surface area contributed by atoms with E-state index in [2.05, 4.69) is 0 Å². The molecule has 138 valence electrons. The molecule has 0 bridgehead atoms. The van der Waals surface area contributed by atoms with Gasteiger partial charge in [0.25, 0.3) is 11.6 Å². The molecule has 0 aliphatic carbocycles. The molecule has 0 radical (unpaired) electrons. The maximum absolute atomic E-state index is 13.0. The summed E-state index contributed by atoms with van der Waals surface area (Å²) in [7, 11) is 0. The summed E-state index contributed by atoms with van der Waals surface area (Å²) in [5.74, 6) is -1.58. The molecule has 1 saturated heterocycles. The lowest BCUT2D eigenvalue weighted by atomic mass is 10.1. The van der Waals surface area contributed by atoms with Crippen LogP contribution in [0.2, 0.25) is 5.02 Å². The molecular weight excluding hydrogens is 374 g/mol. The van der Waals surface area contributed by atoms with Crippen molar-refractivity contribution in [3.8, 4) is 0 Å². The summed E-state index contributed by atoms with van der Waals surface area (Å²) in [6, 6.07) is 11.8. The largest absolute Gasteiger partial charge is 0.274 e. The van der Waals surface area contributed by atoms with Gasteiger partial charge in [0, 0.05) is 25.0 Å². The van der Waals surface area contributed by atoms with E-state index < -0.39 is 22.6 Å². The number of non-ortho nitro benzene ring substituents is 1. The van der Waals surface area contributed by atoms with Crippen molar-refractivity contribution in [3.05, 3.63) is 74.8 Å². The Morgan fingerprint density at radius 2 is 1.67 bits per heavy atom. The predicted octanol–water partition coefficient (Wildman–Crippen LogP) is 2.95. The quantitative estimate of drug-likeness (QED) is 0.446. The number of hydrogen-bond donors (Lipinski definition) is 0. The summed E-state index contributed by atoms with van der Waals surface area (Å²) in [5, 5.41) is 12.8. The fraction of sp³-hybridized carbons (Fsp3) is 0.167.